The molecule has 1 aromatic rings. The molecule has 102 valence electrons. The Balaban J connectivity index is 3.08. The van der Waals surface area contributed by atoms with E-state index in [2.05, 4.69) is 0 Å². The van der Waals surface area contributed by atoms with Crippen molar-refractivity contribution < 1.29 is 26.4 Å². The van der Waals surface area contributed by atoms with Gasteiger partial charge in [-0.2, -0.15) is 13.2 Å². The van der Waals surface area contributed by atoms with Crippen LogP contribution in [0.25, 0.3) is 0 Å². The molecule has 7 heteroatoms. The molecule has 0 heterocycles. The van der Waals surface area contributed by atoms with Crippen LogP contribution in [0.5, 0.6) is 0 Å². The Morgan fingerprint density at radius 3 is 1.89 bits per heavy atom. The fourth-order valence-electron chi connectivity index (χ4n) is 1.57. The number of benzene rings is 1. The summed E-state index contributed by atoms with van der Waals surface area (Å²) < 4.78 is 53.3. The zero-order valence-corrected chi connectivity index (χ0v) is 11.4. The Kier molecular flexibility index (Phi) is 4.91. The van der Waals surface area contributed by atoms with Crippen molar-refractivity contribution in [2.75, 3.05) is 20.8 Å². The molecule has 0 atom stereocenters. The van der Waals surface area contributed by atoms with Crippen molar-refractivity contribution in [1.29, 1.82) is 0 Å². The van der Waals surface area contributed by atoms with Crippen molar-refractivity contribution in [3.05, 3.63) is 29.8 Å². The molecule has 0 aliphatic carbocycles. The zero-order valence-electron chi connectivity index (χ0n) is 10.4. The SMILES string of the molecule is CCO[Si](OC)(OC)c1ccc(C(F)(F)F)cc1. The molecule has 18 heavy (non-hydrogen) atoms. The second-order valence-electron chi connectivity index (χ2n) is 3.47. The summed E-state index contributed by atoms with van der Waals surface area (Å²) in [6.45, 7) is 2.12. The molecule has 0 bridgehead atoms. The molecule has 0 radical (unpaired) electrons. The van der Waals surface area contributed by atoms with Gasteiger partial charge in [0.05, 0.1) is 5.56 Å². The van der Waals surface area contributed by atoms with Gasteiger partial charge in [-0.3, -0.25) is 0 Å². The summed E-state index contributed by atoms with van der Waals surface area (Å²) in [5.41, 5.74) is -0.710. The maximum Gasteiger partial charge on any atom is 0.536 e. The maximum atomic E-state index is 12.4. The van der Waals surface area contributed by atoms with Gasteiger partial charge in [-0.05, 0) is 19.1 Å². The van der Waals surface area contributed by atoms with Gasteiger partial charge in [0.1, 0.15) is 0 Å². The highest BCUT2D eigenvalue weighted by Crippen LogP contribution is 2.28. The Labute approximate surface area is 105 Å². The van der Waals surface area contributed by atoms with Crippen LogP contribution in [0.3, 0.4) is 0 Å². The first kappa shape index (κ1) is 15.2. The largest absolute Gasteiger partial charge is 0.536 e. The molecule has 0 N–H and O–H groups in total. The molecular weight excluding hydrogens is 265 g/mol. The topological polar surface area (TPSA) is 27.7 Å². The second kappa shape index (κ2) is 5.83. The molecule has 0 fully saturated rings. The van der Waals surface area contributed by atoms with E-state index >= 15 is 0 Å². The highest BCUT2D eigenvalue weighted by Gasteiger charge is 2.42. The molecule has 1 aromatic carbocycles. The van der Waals surface area contributed by atoms with Gasteiger partial charge in [-0.25, -0.2) is 0 Å². The van der Waals surface area contributed by atoms with E-state index in [0.29, 0.717) is 11.8 Å². The van der Waals surface area contributed by atoms with Crippen molar-refractivity contribution in [2.45, 2.75) is 13.1 Å². The molecule has 1 rings (SSSR count). The van der Waals surface area contributed by atoms with E-state index in [1.54, 1.807) is 6.92 Å². The molecule has 0 saturated carbocycles. The lowest BCUT2D eigenvalue weighted by molar-refractivity contribution is -0.137. The Morgan fingerprint density at radius 2 is 1.56 bits per heavy atom. The van der Waals surface area contributed by atoms with E-state index in [4.69, 9.17) is 13.3 Å². The molecule has 0 spiro atoms. The van der Waals surface area contributed by atoms with Gasteiger partial charge in [0.2, 0.25) is 0 Å². The predicted molar refractivity (Wildman–Crippen MR) is 62.5 cm³/mol. The summed E-state index contributed by atoms with van der Waals surface area (Å²) in [7, 11) is -0.230. The predicted octanol–water partition coefficient (Wildman–Crippen LogP) is 2.18. The molecule has 0 aromatic heterocycles. The highest BCUT2D eigenvalue weighted by atomic mass is 28.4. The summed E-state index contributed by atoms with van der Waals surface area (Å²) in [6.07, 6.45) is -4.35. The zero-order chi connectivity index (χ0) is 13.8. The van der Waals surface area contributed by atoms with E-state index in [0.717, 1.165) is 12.1 Å². The lowest BCUT2D eigenvalue weighted by Crippen LogP contribution is -2.55. The number of rotatable bonds is 5. The number of hydrogen-bond donors (Lipinski definition) is 0. The van der Waals surface area contributed by atoms with Crippen LogP contribution in [0, 0.1) is 0 Å². The fourth-order valence-corrected chi connectivity index (χ4v) is 3.57. The van der Waals surface area contributed by atoms with Crippen molar-refractivity contribution >= 4 is 14.0 Å². The van der Waals surface area contributed by atoms with Gasteiger partial charge in [-0.1, -0.05) is 12.1 Å². The third-order valence-electron chi connectivity index (χ3n) is 2.44. The van der Waals surface area contributed by atoms with Crippen LogP contribution < -0.4 is 5.19 Å². The van der Waals surface area contributed by atoms with Crippen molar-refractivity contribution in [2.24, 2.45) is 0 Å². The second-order valence-corrected chi connectivity index (χ2v) is 6.27. The van der Waals surface area contributed by atoms with Crippen LogP contribution in [-0.2, 0) is 19.5 Å². The van der Waals surface area contributed by atoms with Crippen molar-refractivity contribution in [1.82, 2.24) is 0 Å². The first-order chi connectivity index (χ1) is 8.39. The molecule has 0 aliphatic heterocycles. The summed E-state index contributed by atoms with van der Waals surface area (Å²) in [6, 6.07) is 4.65. The molecule has 0 saturated heterocycles. The third-order valence-corrected chi connectivity index (χ3v) is 5.22. The smallest absolute Gasteiger partial charge is 0.373 e. The Bertz CT molecular complexity index is 374. The van der Waals surface area contributed by atoms with Crippen LogP contribution in [-0.4, -0.2) is 29.6 Å². The Hall–Kier alpha value is -0.893. The number of halogens is 3. The number of hydrogen-bond acceptors (Lipinski definition) is 3. The van der Waals surface area contributed by atoms with Gasteiger partial charge in [0, 0.05) is 26.0 Å². The minimum Gasteiger partial charge on any atom is -0.373 e. The summed E-state index contributed by atoms with van der Waals surface area (Å²) in [5, 5.41) is 0.502. The normalized spacial score (nSPS) is 12.8. The number of alkyl halides is 3. The molecule has 0 unspecified atom stereocenters. The summed E-state index contributed by atoms with van der Waals surface area (Å²) in [5.74, 6) is 0. The minimum absolute atomic E-state index is 0.356. The van der Waals surface area contributed by atoms with E-state index in [-0.39, 0.29) is 0 Å². The molecule has 0 aliphatic rings. The maximum absolute atomic E-state index is 12.4. The minimum atomic E-state index is -4.35. The first-order valence-electron chi connectivity index (χ1n) is 5.31. The van der Waals surface area contributed by atoms with E-state index in [1.165, 1.54) is 26.4 Å². The van der Waals surface area contributed by atoms with E-state index in [9.17, 15) is 13.2 Å². The molecule has 3 nitrogen and oxygen atoms in total. The summed E-state index contributed by atoms with van der Waals surface area (Å²) in [4.78, 5) is 0. The van der Waals surface area contributed by atoms with Gasteiger partial charge >= 0.3 is 15.0 Å². The van der Waals surface area contributed by atoms with Gasteiger partial charge in [0.15, 0.2) is 0 Å². The monoisotopic (exact) mass is 280 g/mol. The third kappa shape index (κ3) is 3.11. The lowest BCUT2D eigenvalue weighted by atomic mass is 10.2. The average molecular weight is 280 g/mol. The lowest BCUT2D eigenvalue weighted by Gasteiger charge is -2.26. The quantitative estimate of drug-likeness (QED) is 0.774. The van der Waals surface area contributed by atoms with Crippen LogP contribution in [0.2, 0.25) is 0 Å². The van der Waals surface area contributed by atoms with Crippen molar-refractivity contribution in [3.63, 3.8) is 0 Å². The van der Waals surface area contributed by atoms with Gasteiger partial charge in [-0.15, -0.1) is 0 Å². The van der Waals surface area contributed by atoms with E-state index in [1.807, 2.05) is 0 Å². The Morgan fingerprint density at radius 1 is 1.06 bits per heavy atom. The molecule has 0 amide bonds. The standard InChI is InChI=1S/C11H15F3O3Si/c1-4-17-18(15-2,16-3)10-7-5-9(6-8-10)11(12,13)14/h5-8H,4H2,1-3H3. The van der Waals surface area contributed by atoms with Crippen LogP contribution in [0.4, 0.5) is 13.2 Å². The van der Waals surface area contributed by atoms with Gasteiger partial charge < -0.3 is 13.3 Å². The van der Waals surface area contributed by atoms with E-state index < -0.39 is 20.5 Å². The van der Waals surface area contributed by atoms with Gasteiger partial charge in [0.25, 0.3) is 0 Å². The highest BCUT2D eigenvalue weighted by molar-refractivity contribution is 6.75. The van der Waals surface area contributed by atoms with Crippen LogP contribution >= 0.6 is 0 Å². The van der Waals surface area contributed by atoms with Crippen molar-refractivity contribution in [3.8, 4) is 0 Å². The summed E-state index contributed by atoms with van der Waals surface area (Å²) >= 11 is 0. The van der Waals surface area contributed by atoms with Crippen LogP contribution in [0.15, 0.2) is 24.3 Å². The average Bonchev–Trinajstić information content (AvgIpc) is 2.35. The van der Waals surface area contributed by atoms with Crippen LogP contribution in [0.1, 0.15) is 12.5 Å². The molecular formula is C11H15F3O3Si. The first-order valence-corrected chi connectivity index (χ1v) is 7.04. The fraction of sp³-hybridized carbons (Fsp3) is 0.455.